The van der Waals surface area contributed by atoms with Gasteiger partial charge in [-0.15, -0.1) is 11.3 Å². The summed E-state index contributed by atoms with van der Waals surface area (Å²) in [6, 6.07) is 9.11. The van der Waals surface area contributed by atoms with Gasteiger partial charge in [-0.25, -0.2) is 4.98 Å². The molecule has 23 heavy (non-hydrogen) atoms. The van der Waals surface area contributed by atoms with Gasteiger partial charge in [-0.1, -0.05) is 35.5 Å². The van der Waals surface area contributed by atoms with E-state index < -0.39 is 0 Å². The zero-order valence-corrected chi connectivity index (χ0v) is 14.2. The molecule has 0 atom stereocenters. The summed E-state index contributed by atoms with van der Waals surface area (Å²) in [5, 5.41) is 5.70. The van der Waals surface area contributed by atoms with Crippen molar-refractivity contribution in [2.45, 2.75) is 11.7 Å². The predicted octanol–water partition coefficient (Wildman–Crippen LogP) is 3.05. The first kappa shape index (κ1) is 16.0. The van der Waals surface area contributed by atoms with E-state index in [-0.39, 0.29) is 17.2 Å². The van der Waals surface area contributed by atoms with E-state index in [1.807, 2.05) is 17.5 Å². The van der Waals surface area contributed by atoms with Gasteiger partial charge in [0, 0.05) is 11.6 Å². The van der Waals surface area contributed by atoms with Gasteiger partial charge in [-0.3, -0.25) is 9.59 Å². The lowest BCUT2D eigenvalue weighted by atomic mass is 10.2. The molecule has 0 unspecified atom stereocenters. The van der Waals surface area contributed by atoms with Crippen molar-refractivity contribution < 1.29 is 4.79 Å². The monoisotopic (exact) mass is 365 g/mol. The number of hydrogen-bond acceptors (Lipinski definition) is 5. The van der Waals surface area contributed by atoms with E-state index in [1.165, 1.54) is 23.1 Å². The van der Waals surface area contributed by atoms with Crippen LogP contribution < -0.4 is 10.9 Å². The van der Waals surface area contributed by atoms with Gasteiger partial charge < -0.3 is 10.3 Å². The second-order valence-electron chi connectivity index (χ2n) is 4.70. The molecular weight excluding hydrogens is 354 g/mol. The number of fused-ring (bicyclic) bond motifs is 1. The molecular formula is C15H12ClN3O2S2. The van der Waals surface area contributed by atoms with Crippen molar-refractivity contribution in [1.82, 2.24) is 15.3 Å². The number of H-pyrrole nitrogens is 1. The van der Waals surface area contributed by atoms with E-state index in [0.717, 1.165) is 5.56 Å². The van der Waals surface area contributed by atoms with E-state index in [2.05, 4.69) is 15.3 Å². The molecule has 1 amide bonds. The van der Waals surface area contributed by atoms with Crippen LogP contribution >= 0.6 is 34.7 Å². The zero-order chi connectivity index (χ0) is 16.2. The number of thiophene rings is 1. The van der Waals surface area contributed by atoms with Gasteiger partial charge in [0.05, 0.1) is 11.3 Å². The molecule has 2 N–H and O–H groups in total. The third kappa shape index (κ3) is 4.13. The lowest BCUT2D eigenvalue weighted by Crippen LogP contribution is -2.24. The third-order valence-electron chi connectivity index (χ3n) is 3.01. The Labute approximate surface area is 145 Å². The Kier molecular flexibility index (Phi) is 5.00. The predicted molar refractivity (Wildman–Crippen MR) is 94.3 cm³/mol. The Morgan fingerprint density at radius 1 is 1.39 bits per heavy atom. The lowest BCUT2D eigenvalue weighted by Gasteiger charge is -2.05. The molecule has 0 radical (unpaired) electrons. The Hall–Kier alpha value is -1.83. The van der Waals surface area contributed by atoms with Crippen LogP contribution in [0.3, 0.4) is 0 Å². The van der Waals surface area contributed by atoms with Crippen LogP contribution in [0.25, 0.3) is 10.2 Å². The average Bonchev–Trinajstić information content (AvgIpc) is 3.00. The molecule has 8 heteroatoms. The smallest absolute Gasteiger partial charge is 0.269 e. The van der Waals surface area contributed by atoms with Crippen LogP contribution in [0.5, 0.6) is 0 Å². The molecule has 5 nitrogen and oxygen atoms in total. The quantitative estimate of drug-likeness (QED) is 0.538. The van der Waals surface area contributed by atoms with E-state index in [1.54, 1.807) is 18.2 Å². The fourth-order valence-corrected chi connectivity index (χ4v) is 3.59. The molecule has 0 aliphatic heterocycles. The molecule has 0 saturated carbocycles. The normalized spacial score (nSPS) is 10.8. The highest BCUT2D eigenvalue weighted by molar-refractivity contribution is 7.99. The molecule has 1 aromatic carbocycles. The summed E-state index contributed by atoms with van der Waals surface area (Å²) in [4.78, 5) is 30.7. The fraction of sp³-hybridized carbons (Fsp3) is 0.133. The maximum Gasteiger partial charge on any atom is 0.269 e. The Balaban J connectivity index is 1.56. The number of carbonyl (C=O) groups excluding carboxylic acids is 1. The summed E-state index contributed by atoms with van der Waals surface area (Å²) in [5.74, 6) is 0.0436. The molecule has 0 bridgehead atoms. The largest absolute Gasteiger partial charge is 0.351 e. The highest BCUT2D eigenvalue weighted by atomic mass is 35.5. The molecule has 0 aliphatic carbocycles. The van der Waals surface area contributed by atoms with Gasteiger partial charge >= 0.3 is 0 Å². The van der Waals surface area contributed by atoms with Gasteiger partial charge in [0.1, 0.15) is 4.70 Å². The number of thioether (sulfide) groups is 1. The summed E-state index contributed by atoms with van der Waals surface area (Å²) in [6.45, 7) is 0.410. The van der Waals surface area contributed by atoms with Crippen LogP contribution in [0, 0.1) is 0 Å². The van der Waals surface area contributed by atoms with Gasteiger partial charge in [0.15, 0.2) is 5.16 Å². The fourth-order valence-electron chi connectivity index (χ4n) is 1.95. The molecule has 3 aromatic rings. The summed E-state index contributed by atoms with van der Waals surface area (Å²) >= 11 is 8.44. The number of amides is 1. The maximum absolute atomic E-state index is 11.9. The maximum atomic E-state index is 11.9. The standard InChI is InChI=1S/C15H12ClN3O2S2/c16-10-3-1-2-9(6-10)7-17-12(20)8-23-15-18-11-4-5-22-13(11)14(21)19-15/h1-6H,7-8H2,(H,17,20)(H,18,19,21). The second-order valence-corrected chi connectivity index (χ2v) is 7.02. The van der Waals surface area contributed by atoms with Crippen LogP contribution in [0.15, 0.2) is 45.7 Å². The van der Waals surface area contributed by atoms with Crippen molar-refractivity contribution in [1.29, 1.82) is 0 Å². The Morgan fingerprint density at radius 3 is 3.09 bits per heavy atom. The Morgan fingerprint density at radius 2 is 2.26 bits per heavy atom. The van der Waals surface area contributed by atoms with Crippen molar-refractivity contribution in [2.75, 3.05) is 5.75 Å². The number of benzene rings is 1. The highest BCUT2D eigenvalue weighted by Crippen LogP contribution is 2.18. The number of aromatic nitrogens is 2. The topological polar surface area (TPSA) is 74.8 Å². The molecule has 0 fully saturated rings. The first-order valence-electron chi connectivity index (χ1n) is 6.73. The third-order valence-corrected chi connectivity index (χ3v) is 5.02. The van der Waals surface area contributed by atoms with Crippen molar-refractivity contribution in [2.24, 2.45) is 0 Å². The molecule has 0 saturated heterocycles. The van der Waals surface area contributed by atoms with Crippen molar-refractivity contribution in [3.8, 4) is 0 Å². The molecule has 2 aromatic heterocycles. The van der Waals surface area contributed by atoms with Crippen LogP contribution in [0.2, 0.25) is 5.02 Å². The summed E-state index contributed by atoms with van der Waals surface area (Å²) in [7, 11) is 0. The number of nitrogens with zero attached hydrogens (tertiary/aromatic N) is 1. The van der Waals surface area contributed by atoms with E-state index in [4.69, 9.17) is 11.6 Å². The number of carbonyl (C=O) groups is 1. The van der Waals surface area contributed by atoms with Gasteiger partial charge in [0.2, 0.25) is 5.91 Å². The van der Waals surface area contributed by atoms with Crippen molar-refractivity contribution in [3.63, 3.8) is 0 Å². The minimum atomic E-state index is -0.174. The minimum absolute atomic E-state index is 0.136. The lowest BCUT2D eigenvalue weighted by molar-refractivity contribution is -0.118. The molecule has 0 aliphatic rings. The van der Waals surface area contributed by atoms with Gasteiger partial charge in [-0.05, 0) is 29.1 Å². The van der Waals surface area contributed by atoms with Crippen LogP contribution in [-0.4, -0.2) is 21.6 Å². The summed E-state index contributed by atoms with van der Waals surface area (Å²) in [6.07, 6.45) is 0. The van der Waals surface area contributed by atoms with E-state index >= 15 is 0 Å². The Bertz CT molecular complexity index is 907. The van der Waals surface area contributed by atoms with Gasteiger partial charge in [-0.2, -0.15) is 0 Å². The molecule has 0 spiro atoms. The van der Waals surface area contributed by atoms with Crippen LogP contribution in [0.4, 0.5) is 0 Å². The van der Waals surface area contributed by atoms with Crippen LogP contribution in [-0.2, 0) is 11.3 Å². The first-order chi connectivity index (χ1) is 11.1. The summed E-state index contributed by atoms with van der Waals surface area (Å²) < 4.78 is 0.597. The highest BCUT2D eigenvalue weighted by Gasteiger charge is 2.08. The van der Waals surface area contributed by atoms with Crippen LogP contribution in [0.1, 0.15) is 5.56 Å². The van der Waals surface area contributed by atoms with E-state index in [0.29, 0.717) is 26.9 Å². The second kappa shape index (κ2) is 7.16. The molecule has 3 rings (SSSR count). The van der Waals surface area contributed by atoms with Crippen molar-refractivity contribution >= 4 is 50.8 Å². The zero-order valence-electron chi connectivity index (χ0n) is 11.8. The summed E-state index contributed by atoms with van der Waals surface area (Å²) in [5.41, 5.74) is 1.41. The SMILES string of the molecule is O=C(CSc1nc2ccsc2c(=O)[nH]1)NCc1cccc(Cl)c1. The molecule has 118 valence electrons. The minimum Gasteiger partial charge on any atom is -0.351 e. The molecule has 2 heterocycles. The van der Waals surface area contributed by atoms with Crippen molar-refractivity contribution in [3.05, 3.63) is 56.7 Å². The first-order valence-corrected chi connectivity index (χ1v) is 8.97. The number of nitrogens with one attached hydrogen (secondary N) is 2. The number of rotatable bonds is 5. The number of aromatic amines is 1. The van der Waals surface area contributed by atoms with Gasteiger partial charge in [0.25, 0.3) is 5.56 Å². The van der Waals surface area contributed by atoms with E-state index in [9.17, 15) is 9.59 Å². The average molecular weight is 366 g/mol. The number of hydrogen-bond donors (Lipinski definition) is 2. The number of halogens is 1.